The van der Waals surface area contributed by atoms with Crippen LogP contribution in [0.2, 0.25) is 0 Å². The van der Waals surface area contributed by atoms with E-state index in [1.54, 1.807) is 10.4 Å². The topological polar surface area (TPSA) is 75.5 Å². The number of piperazine rings is 1. The third-order valence-electron chi connectivity index (χ3n) is 4.21. The van der Waals surface area contributed by atoms with Gasteiger partial charge in [0.15, 0.2) is 0 Å². The third kappa shape index (κ3) is 3.91. The van der Waals surface area contributed by atoms with E-state index in [1.807, 2.05) is 42.2 Å². The zero-order valence-electron chi connectivity index (χ0n) is 14.2. The molecule has 134 valence electrons. The van der Waals surface area contributed by atoms with Gasteiger partial charge in [-0.1, -0.05) is 25.1 Å². The van der Waals surface area contributed by atoms with E-state index in [0.717, 1.165) is 0 Å². The van der Waals surface area contributed by atoms with Crippen LogP contribution in [0, 0.1) is 0 Å². The van der Waals surface area contributed by atoms with Crippen LogP contribution in [0.4, 0.5) is 5.82 Å². The fourth-order valence-electron chi connectivity index (χ4n) is 2.91. The summed E-state index contributed by atoms with van der Waals surface area (Å²) in [7, 11) is -3.17. The molecule has 1 aromatic heterocycles. The Morgan fingerprint density at radius 3 is 2.32 bits per heavy atom. The summed E-state index contributed by atoms with van der Waals surface area (Å²) in [6.45, 7) is 3.86. The number of nitrogens with zero attached hydrogens (tertiary/aromatic N) is 4. The number of sulfonamides is 1. The monoisotopic (exact) mass is 362 g/mol. The molecule has 0 bridgehead atoms. The van der Waals surface area contributed by atoms with Gasteiger partial charge >= 0.3 is 0 Å². The number of benzene rings is 1. The van der Waals surface area contributed by atoms with E-state index in [2.05, 4.69) is 5.10 Å². The summed E-state index contributed by atoms with van der Waals surface area (Å²) in [4.78, 5) is 14.1. The smallest absolute Gasteiger partial charge is 0.271 e. The minimum atomic E-state index is -3.17. The molecule has 0 N–H and O–H groups in total. The van der Waals surface area contributed by atoms with Gasteiger partial charge in [-0.15, -0.1) is 5.10 Å². The van der Waals surface area contributed by atoms with Gasteiger partial charge in [0.1, 0.15) is 5.82 Å². The quantitative estimate of drug-likeness (QED) is 0.796. The molecular weight excluding hydrogens is 340 g/mol. The molecule has 1 saturated heterocycles. The lowest BCUT2D eigenvalue weighted by atomic mass is 10.3. The fraction of sp³-hybridized carbons (Fsp3) is 0.412. The highest BCUT2D eigenvalue weighted by atomic mass is 32.2. The average Bonchev–Trinajstić information content (AvgIpc) is 2.63. The number of hydrogen-bond acceptors (Lipinski definition) is 5. The predicted molar refractivity (Wildman–Crippen MR) is 97.7 cm³/mol. The van der Waals surface area contributed by atoms with Crippen LogP contribution < -0.4 is 10.5 Å². The lowest BCUT2D eigenvalue weighted by Gasteiger charge is -2.34. The van der Waals surface area contributed by atoms with Crippen molar-refractivity contribution in [3.63, 3.8) is 0 Å². The van der Waals surface area contributed by atoms with Gasteiger partial charge in [0.25, 0.3) is 5.56 Å². The van der Waals surface area contributed by atoms with Crippen LogP contribution in [0.25, 0.3) is 5.69 Å². The van der Waals surface area contributed by atoms with E-state index in [1.165, 1.54) is 10.7 Å². The minimum absolute atomic E-state index is 0.185. The average molecular weight is 362 g/mol. The zero-order chi connectivity index (χ0) is 17.9. The molecule has 3 rings (SSSR count). The summed E-state index contributed by atoms with van der Waals surface area (Å²) >= 11 is 0. The van der Waals surface area contributed by atoms with E-state index in [-0.39, 0.29) is 11.3 Å². The molecule has 2 aromatic rings. The first-order chi connectivity index (χ1) is 12.0. The third-order valence-corrected chi connectivity index (χ3v) is 6.28. The van der Waals surface area contributed by atoms with Crippen LogP contribution in [-0.4, -0.2) is 54.4 Å². The van der Waals surface area contributed by atoms with Gasteiger partial charge in [0.2, 0.25) is 10.0 Å². The Morgan fingerprint density at radius 2 is 1.68 bits per heavy atom. The van der Waals surface area contributed by atoms with E-state index >= 15 is 0 Å². The number of para-hydroxylation sites is 1. The predicted octanol–water partition coefficient (Wildman–Crippen LogP) is 1.09. The van der Waals surface area contributed by atoms with Gasteiger partial charge in [-0.3, -0.25) is 4.79 Å². The van der Waals surface area contributed by atoms with Crippen molar-refractivity contribution in [2.75, 3.05) is 36.8 Å². The Morgan fingerprint density at radius 1 is 1.00 bits per heavy atom. The van der Waals surface area contributed by atoms with Gasteiger partial charge in [0.05, 0.1) is 11.4 Å². The Kier molecular flexibility index (Phi) is 5.19. The van der Waals surface area contributed by atoms with Crippen molar-refractivity contribution in [2.45, 2.75) is 13.3 Å². The second kappa shape index (κ2) is 7.37. The summed E-state index contributed by atoms with van der Waals surface area (Å²) < 4.78 is 27.2. The van der Waals surface area contributed by atoms with E-state index in [9.17, 15) is 13.2 Å². The highest BCUT2D eigenvalue weighted by molar-refractivity contribution is 7.89. The van der Waals surface area contributed by atoms with Gasteiger partial charge in [-0.05, 0) is 24.6 Å². The van der Waals surface area contributed by atoms with Crippen molar-refractivity contribution in [3.8, 4) is 5.69 Å². The zero-order valence-corrected chi connectivity index (χ0v) is 15.0. The van der Waals surface area contributed by atoms with Crippen molar-refractivity contribution in [1.82, 2.24) is 14.1 Å². The molecule has 0 unspecified atom stereocenters. The molecule has 2 heterocycles. The molecular formula is C17H22N4O3S. The normalized spacial score (nSPS) is 16.1. The Bertz CT molecular complexity index is 872. The van der Waals surface area contributed by atoms with Gasteiger partial charge in [-0.2, -0.15) is 8.99 Å². The Hall–Kier alpha value is -2.19. The second-order valence-corrected chi connectivity index (χ2v) is 8.07. The van der Waals surface area contributed by atoms with Gasteiger partial charge in [0, 0.05) is 32.2 Å². The van der Waals surface area contributed by atoms with Crippen LogP contribution in [0.1, 0.15) is 13.3 Å². The van der Waals surface area contributed by atoms with Crippen molar-refractivity contribution in [1.29, 1.82) is 0 Å². The highest BCUT2D eigenvalue weighted by Crippen LogP contribution is 2.15. The van der Waals surface area contributed by atoms with Gasteiger partial charge < -0.3 is 4.90 Å². The molecule has 25 heavy (non-hydrogen) atoms. The molecule has 0 spiro atoms. The first-order valence-electron chi connectivity index (χ1n) is 8.40. The molecule has 0 amide bonds. The molecule has 1 aliphatic heterocycles. The summed E-state index contributed by atoms with van der Waals surface area (Å²) in [5.41, 5.74) is 0.512. The molecule has 0 atom stereocenters. The van der Waals surface area contributed by atoms with E-state index in [0.29, 0.717) is 44.1 Å². The number of anilines is 1. The molecule has 1 aliphatic rings. The van der Waals surface area contributed by atoms with Crippen molar-refractivity contribution in [3.05, 3.63) is 52.8 Å². The summed E-state index contributed by atoms with van der Waals surface area (Å²) in [5.74, 6) is 0.862. The standard InChI is InChI=1S/C17H22N4O3S/c1-2-14-25(23,24)20-12-10-19(11-13-20)16-8-9-17(22)21(18-16)15-6-4-3-5-7-15/h3-9H,2,10-14H2,1H3. The number of hydrogen-bond donors (Lipinski definition) is 0. The Balaban J connectivity index is 1.77. The number of rotatable bonds is 5. The lowest BCUT2D eigenvalue weighted by molar-refractivity contribution is 0.383. The summed E-state index contributed by atoms with van der Waals surface area (Å²) in [6.07, 6.45) is 0.617. The highest BCUT2D eigenvalue weighted by Gasteiger charge is 2.26. The maximum Gasteiger partial charge on any atom is 0.271 e. The maximum absolute atomic E-state index is 12.2. The second-order valence-electron chi connectivity index (χ2n) is 5.98. The molecule has 7 nitrogen and oxygen atoms in total. The lowest BCUT2D eigenvalue weighted by Crippen LogP contribution is -2.49. The molecule has 0 radical (unpaired) electrons. The van der Waals surface area contributed by atoms with Crippen LogP contribution >= 0.6 is 0 Å². The van der Waals surface area contributed by atoms with Crippen LogP contribution in [0.15, 0.2) is 47.3 Å². The van der Waals surface area contributed by atoms with Crippen molar-refractivity contribution >= 4 is 15.8 Å². The Labute approximate surface area is 147 Å². The molecule has 8 heteroatoms. The first kappa shape index (κ1) is 17.6. The fourth-order valence-corrected chi connectivity index (χ4v) is 4.40. The van der Waals surface area contributed by atoms with Crippen LogP contribution in [0.5, 0.6) is 0 Å². The van der Waals surface area contributed by atoms with E-state index < -0.39 is 10.0 Å². The molecule has 1 aromatic carbocycles. The molecule has 0 saturated carbocycles. The largest absolute Gasteiger partial charge is 0.353 e. The van der Waals surface area contributed by atoms with Crippen molar-refractivity contribution in [2.24, 2.45) is 0 Å². The molecule has 1 fully saturated rings. The molecule has 0 aliphatic carbocycles. The van der Waals surface area contributed by atoms with E-state index in [4.69, 9.17) is 0 Å². The van der Waals surface area contributed by atoms with Crippen molar-refractivity contribution < 1.29 is 8.42 Å². The minimum Gasteiger partial charge on any atom is -0.353 e. The maximum atomic E-state index is 12.2. The van der Waals surface area contributed by atoms with Crippen LogP contribution in [0.3, 0.4) is 0 Å². The first-order valence-corrected chi connectivity index (χ1v) is 10.0. The van der Waals surface area contributed by atoms with Gasteiger partial charge in [-0.25, -0.2) is 8.42 Å². The van der Waals surface area contributed by atoms with Crippen LogP contribution in [-0.2, 0) is 10.0 Å². The summed E-state index contributed by atoms with van der Waals surface area (Å²) in [6, 6.07) is 12.4. The SMILES string of the molecule is CCCS(=O)(=O)N1CCN(c2ccc(=O)n(-c3ccccc3)n2)CC1. The summed E-state index contributed by atoms with van der Waals surface area (Å²) in [5, 5.41) is 4.45. The number of aromatic nitrogens is 2.